The lowest BCUT2D eigenvalue weighted by Gasteiger charge is -2.20. The summed E-state index contributed by atoms with van der Waals surface area (Å²) in [4.78, 5) is 5.06. The van der Waals surface area contributed by atoms with E-state index in [1.807, 2.05) is 0 Å². The fourth-order valence-electron chi connectivity index (χ4n) is 8.05. The van der Waals surface area contributed by atoms with Gasteiger partial charge in [0.1, 0.15) is 0 Å². The molecule has 0 amide bonds. The van der Waals surface area contributed by atoms with Gasteiger partial charge in [-0.15, -0.1) is 0 Å². The van der Waals surface area contributed by atoms with E-state index in [1.54, 1.807) is 0 Å². The Morgan fingerprint density at radius 1 is 0.300 bits per heavy atom. The van der Waals surface area contributed by atoms with Crippen LogP contribution in [0.25, 0.3) is 98.5 Å². The number of hydrogen-bond donors (Lipinski definition) is 0. The van der Waals surface area contributed by atoms with E-state index in [-0.39, 0.29) is 0 Å². The second kappa shape index (κ2) is 11.5. The average Bonchev–Trinajstić information content (AvgIpc) is 3.19. The first kappa shape index (κ1) is 28.4. The minimum Gasteiger partial charge on any atom is -0.256 e. The van der Waals surface area contributed by atoms with Crippen LogP contribution in [0.4, 0.5) is 0 Å². The highest BCUT2D eigenvalue weighted by molar-refractivity contribution is 6.27. The van der Waals surface area contributed by atoms with Crippen molar-refractivity contribution in [3.05, 3.63) is 188 Å². The van der Waals surface area contributed by atoms with E-state index >= 15 is 0 Å². The molecule has 0 fully saturated rings. The molecule has 0 unspecified atom stereocenters. The highest BCUT2D eigenvalue weighted by Gasteiger charge is 2.20. The standard InChI is InChI=1S/C49H31N/c1-3-21-38-32(13-1)15-11-26-40(38)34-17-9-19-36(29-34)47-42-23-5-6-24-43(42)48(49-44-25-7-8-28-46(44)50-31-45(47)49)37-20-10-18-35(30-37)41-27-12-16-33-14-2-4-22-39(33)41/h1-31H. The molecule has 10 rings (SSSR count). The number of aromatic nitrogens is 1. The summed E-state index contributed by atoms with van der Waals surface area (Å²) >= 11 is 0. The molecular weight excluding hydrogens is 603 g/mol. The summed E-state index contributed by atoms with van der Waals surface area (Å²) in [5.41, 5.74) is 10.7. The highest BCUT2D eigenvalue weighted by atomic mass is 14.7. The normalized spacial score (nSPS) is 11.6. The summed E-state index contributed by atoms with van der Waals surface area (Å²) in [7, 11) is 0. The zero-order valence-electron chi connectivity index (χ0n) is 27.3. The third kappa shape index (κ3) is 4.52. The third-order valence-corrected chi connectivity index (χ3v) is 10.3. The van der Waals surface area contributed by atoms with E-state index in [9.17, 15) is 0 Å². The number of benzene rings is 9. The molecule has 232 valence electrons. The topological polar surface area (TPSA) is 12.9 Å². The Balaban J connectivity index is 1.28. The summed E-state index contributed by atoms with van der Waals surface area (Å²) < 4.78 is 0. The number of nitrogens with zero attached hydrogens (tertiary/aromatic N) is 1. The maximum absolute atomic E-state index is 5.06. The molecule has 0 aliphatic rings. The van der Waals surface area contributed by atoms with Crippen molar-refractivity contribution in [2.45, 2.75) is 0 Å². The van der Waals surface area contributed by atoms with Gasteiger partial charge in [-0.05, 0) is 95.0 Å². The lowest BCUT2D eigenvalue weighted by atomic mass is 9.84. The van der Waals surface area contributed by atoms with Crippen molar-refractivity contribution in [3.8, 4) is 44.5 Å². The Bertz CT molecular complexity index is 2920. The Morgan fingerprint density at radius 2 is 0.740 bits per heavy atom. The molecule has 0 aliphatic carbocycles. The molecule has 1 nitrogen and oxygen atoms in total. The SMILES string of the molecule is c1cc(-c2cccc3ccccc23)cc(-c2c3ccccc3c(-c3cccc(-c4cccc5ccccc45)c3)c3c2cnc2ccccc23)c1. The minimum atomic E-state index is 0.997. The van der Waals surface area contributed by atoms with Gasteiger partial charge in [0.2, 0.25) is 0 Å². The molecule has 0 atom stereocenters. The van der Waals surface area contributed by atoms with E-state index in [0.717, 1.165) is 16.3 Å². The van der Waals surface area contributed by atoms with Crippen molar-refractivity contribution in [1.29, 1.82) is 0 Å². The quantitative estimate of drug-likeness (QED) is 0.139. The van der Waals surface area contributed by atoms with Gasteiger partial charge in [-0.25, -0.2) is 0 Å². The number of hydrogen-bond acceptors (Lipinski definition) is 1. The van der Waals surface area contributed by atoms with Crippen molar-refractivity contribution < 1.29 is 0 Å². The molecule has 9 aromatic carbocycles. The molecule has 0 N–H and O–H groups in total. The summed E-state index contributed by atoms with van der Waals surface area (Å²) in [6.07, 6.45) is 2.10. The van der Waals surface area contributed by atoms with Crippen LogP contribution in [-0.4, -0.2) is 4.98 Å². The smallest absolute Gasteiger partial charge is 0.0708 e. The van der Waals surface area contributed by atoms with Gasteiger partial charge in [-0.1, -0.05) is 164 Å². The first-order chi connectivity index (χ1) is 24.8. The summed E-state index contributed by atoms with van der Waals surface area (Å²) in [5, 5.41) is 11.0. The molecule has 0 saturated heterocycles. The Morgan fingerprint density at radius 3 is 1.36 bits per heavy atom. The van der Waals surface area contributed by atoms with Crippen molar-refractivity contribution in [1.82, 2.24) is 4.98 Å². The number of fused-ring (bicyclic) bond motifs is 6. The van der Waals surface area contributed by atoms with Crippen LogP contribution >= 0.6 is 0 Å². The van der Waals surface area contributed by atoms with Gasteiger partial charge in [-0.2, -0.15) is 0 Å². The molecule has 1 heteroatoms. The molecule has 1 aromatic heterocycles. The zero-order valence-corrected chi connectivity index (χ0v) is 27.3. The number of para-hydroxylation sites is 1. The van der Waals surface area contributed by atoms with Gasteiger partial charge in [0.15, 0.2) is 0 Å². The number of pyridine rings is 1. The average molecular weight is 634 g/mol. The van der Waals surface area contributed by atoms with Gasteiger partial charge >= 0.3 is 0 Å². The molecule has 0 bridgehead atoms. The number of rotatable bonds is 4. The second-order valence-electron chi connectivity index (χ2n) is 13.1. The van der Waals surface area contributed by atoms with Gasteiger partial charge in [0.25, 0.3) is 0 Å². The van der Waals surface area contributed by atoms with Crippen molar-refractivity contribution >= 4 is 54.0 Å². The zero-order chi connectivity index (χ0) is 33.0. The van der Waals surface area contributed by atoms with Gasteiger partial charge in [-0.3, -0.25) is 4.98 Å². The van der Waals surface area contributed by atoms with Gasteiger partial charge in [0, 0.05) is 22.4 Å². The molecule has 0 saturated carbocycles. The Labute approximate surface area is 290 Å². The first-order valence-electron chi connectivity index (χ1n) is 17.2. The van der Waals surface area contributed by atoms with E-state index in [1.165, 1.54) is 82.2 Å². The van der Waals surface area contributed by atoms with E-state index < -0.39 is 0 Å². The van der Waals surface area contributed by atoms with Gasteiger partial charge in [0.05, 0.1) is 5.52 Å². The lowest BCUT2D eigenvalue weighted by Crippen LogP contribution is -1.94. The Hall–Kier alpha value is -6.57. The second-order valence-corrected chi connectivity index (χ2v) is 13.1. The predicted octanol–water partition coefficient (Wildman–Crippen LogP) is 13.5. The maximum Gasteiger partial charge on any atom is 0.0708 e. The molecule has 0 aliphatic heterocycles. The highest BCUT2D eigenvalue weighted by Crippen LogP contribution is 2.47. The van der Waals surface area contributed by atoms with Crippen LogP contribution in [0.15, 0.2) is 188 Å². The monoisotopic (exact) mass is 633 g/mol. The molecule has 0 radical (unpaired) electrons. The van der Waals surface area contributed by atoms with Crippen LogP contribution in [0.3, 0.4) is 0 Å². The largest absolute Gasteiger partial charge is 0.256 e. The molecule has 50 heavy (non-hydrogen) atoms. The van der Waals surface area contributed by atoms with Gasteiger partial charge < -0.3 is 0 Å². The minimum absolute atomic E-state index is 0.997. The third-order valence-electron chi connectivity index (χ3n) is 10.3. The lowest BCUT2D eigenvalue weighted by molar-refractivity contribution is 1.45. The van der Waals surface area contributed by atoms with Crippen LogP contribution in [0, 0.1) is 0 Å². The maximum atomic E-state index is 5.06. The molecule has 0 spiro atoms. The van der Waals surface area contributed by atoms with Crippen LogP contribution in [0.1, 0.15) is 0 Å². The van der Waals surface area contributed by atoms with Crippen molar-refractivity contribution in [3.63, 3.8) is 0 Å². The van der Waals surface area contributed by atoms with Crippen molar-refractivity contribution in [2.75, 3.05) is 0 Å². The molecular formula is C49H31N. The van der Waals surface area contributed by atoms with E-state index in [2.05, 4.69) is 188 Å². The van der Waals surface area contributed by atoms with Crippen LogP contribution < -0.4 is 0 Å². The fraction of sp³-hybridized carbons (Fsp3) is 0. The van der Waals surface area contributed by atoms with Crippen molar-refractivity contribution in [2.24, 2.45) is 0 Å². The summed E-state index contributed by atoms with van der Waals surface area (Å²) in [6.45, 7) is 0. The molecule has 1 heterocycles. The molecule has 10 aromatic rings. The van der Waals surface area contributed by atoms with Crippen LogP contribution in [0.2, 0.25) is 0 Å². The summed E-state index contributed by atoms with van der Waals surface area (Å²) in [5.74, 6) is 0. The van der Waals surface area contributed by atoms with Crippen LogP contribution in [0.5, 0.6) is 0 Å². The van der Waals surface area contributed by atoms with E-state index in [0.29, 0.717) is 0 Å². The van der Waals surface area contributed by atoms with Crippen LogP contribution in [-0.2, 0) is 0 Å². The van der Waals surface area contributed by atoms with E-state index in [4.69, 9.17) is 4.98 Å². The fourth-order valence-corrected chi connectivity index (χ4v) is 8.05. The summed E-state index contributed by atoms with van der Waals surface area (Å²) in [6, 6.07) is 66.1. The Kier molecular flexibility index (Phi) is 6.57. The predicted molar refractivity (Wildman–Crippen MR) is 214 cm³/mol. The first-order valence-corrected chi connectivity index (χ1v) is 17.2.